The van der Waals surface area contributed by atoms with Crippen LogP contribution in [0.25, 0.3) is 0 Å². The summed E-state index contributed by atoms with van der Waals surface area (Å²) in [7, 11) is 0. The molecule has 1 heterocycles. The standard InChI is InChI=1S/C15H22N2O3/c18-14(13-4-2-1-3-5-13)12-16-7-6-15(19)17-8-10-20-11-9-17/h1-5,14,16,18H,6-12H2. The zero-order valence-corrected chi connectivity index (χ0v) is 11.6. The maximum absolute atomic E-state index is 11.9. The predicted octanol–water partition coefficient (Wildman–Crippen LogP) is 0.558. The number of rotatable bonds is 6. The van der Waals surface area contributed by atoms with Crippen LogP contribution in [0.3, 0.4) is 0 Å². The maximum Gasteiger partial charge on any atom is 0.224 e. The highest BCUT2D eigenvalue weighted by Crippen LogP contribution is 2.10. The first-order chi connectivity index (χ1) is 9.77. The van der Waals surface area contributed by atoms with Gasteiger partial charge in [-0.3, -0.25) is 4.79 Å². The third kappa shape index (κ3) is 4.59. The van der Waals surface area contributed by atoms with Crippen LogP contribution in [-0.2, 0) is 9.53 Å². The number of aliphatic hydroxyl groups excluding tert-OH is 1. The van der Waals surface area contributed by atoms with Gasteiger partial charge in [-0.25, -0.2) is 0 Å². The largest absolute Gasteiger partial charge is 0.387 e. The van der Waals surface area contributed by atoms with Crippen molar-refractivity contribution in [1.29, 1.82) is 0 Å². The Labute approximate surface area is 119 Å². The summed E-state index contributed by atoms with van der Waals surface area (Å²) in [5, 5.41) is 13.1. The lowest BCUT2D eigenvalue weighted by molar-refractivity contribution is -0.135. The van der Waals surface area contributed by atoms with E-state index in [1.807, 2.05) is 35.2 Å². The third-order valence-corrected chi connectivity index (χ3v) is 3.40. The van der Waals surface area contributed by atoms with Crippen molar-refractivity contribution in [3.8, 4) is 0 Å². The highest BCUT2D eigenvalue weighted by Gasteiger charge is 2.16. The van der Waals surface area contributed by atoms with Crippen LogP contribution in [0.2, 0.25) is 0 Å². The minimum atomic E-state index is -0.533. The van der Waals surface area contributed by atoms with Crippen LogP contribution in [0, 0.1) is 0 Å². The molecule has 0 spiro atoms. The molecule has 1 unspecified atom stereocenters. The number of ether oxygens (including phenoxy) is 1. The molecule has 1 aliphatic rings. The second kappa shape index (κ2) is 7.99. The first-order valence-corrected chi connectivity index (χ1v) is 7.06. The topological polar surface area (TPSA) is 61.8 Å². The van der Waals surface area contributed by atoms with E-state index in [1.54, 1.807) is 0 Å². The van der Waals surface area contributed by atoms with Crippen molar-refractivity contribution in [3.63, 3.8) is 0 Å². The molecule has 1 amide bonds. The molecule has 5 heteroatoms. The summed E-state index contributed by atoms with van der Waals surface area (Å²) >= 11 is 0. The van der Waals surface area contributed by atoms with Crippen LogP contribution in [0.1, 0.15) is 18.1 Å². The maximum atomic E-state index is 11.9. The molecule has 0 saturated carbocycles. The average molecular weight is 278 g/mol. The second-order valence-electron chi connectivity index (χ2n) is 4.87. The van der Waals surface area contributed by atoms with E-state index in [1.165, 1.54) is 0 Å². The first kappa shape index (κ1) is 15.0. The fourth-order valence-electron chi connectivity index (χ4n) is 2.20. The van der Waals surface area contributed by atoms with E-state index in [9.17, 15) is 9.90 Å². The molecule has 1 atom stereocenters. The van der Waals surface area contributed by atoms with Crippen LogP contribution < -0.4 is 5.32 Å². The lowest BCUT2D eigenvalue weighted by atomic mass is 10.1. The van der Waals surface area contributed by atoms with Crippen molar-refractivity contribution < 1.29 is 14.6 Å². The number of amides is 1. The number of nitrogens with one attached hydrogen (secondary N) is 1. The number of hydrogen-bond acceptors (Lipinski definition) is 4. The zero-order valence-electron chi connectivity index (χ0n) is 11.6. The molecular formula is C15H22N2O3. The lowest BCUT2D eigenvalue weighted by Gasteiger charge is -2.27. The van der Waals surface area contributed by atoms with Crippen LogP contribution in [0.5, 0.6) is 0 Å². The Morgan fingerprint density at radius 2 is 2.00 bits per heavy atom. The van der Waals surface area contributed by atoms with E-state index in [0.29, 0.717) is 45.8 Å². The first-order valence-electron chi connectivity index (χ1n) is 7.06. The molecule has 1 aliphatic heterocycles. The summed E-state index contributed by atoms with van der Waals surface area (Å²) in [6.07, 6.45) is -0.0729. The molecule has 2 rings (SSSR count). The van der Waals surface area contributed by atoms with Gasteiger partial charge >= 0.3 is 0 Å². The summed E-state index contributed by atoms with van der Waals surface area (Å²) in [5.74, 6) is 0.148. The van der Waals surface area contributed by atoms with E-state index < -0.39 is 6.10 Å². The Balaban J connectivity index is 1.62. The van der Waals surface area contributed by atoms with Crippen molar-refractivity contribution >= 4 is 5.91 Å². The van der Waals surface area contributed by atoms with Gasteiger partial charge in [-0.05, 0) is 5.56 Å². The van der Waals surface area contributed by atoms with Crippen molar-refractivity contribution in [2.24, 2.45) is 0 Å². The molecule has 1 saturated heterocycles. The zero-order chi connectivity index (χ0) is 14.2. The van der Waals surface area contributed by atoms with Gasteiger partial charge < -0.3 is 20.1 Å². The fraction of sp³-hybridized carbons (Fsp3) is 0.533. The lowest BCUT2D eigenvalue weighted by Crippen LogP contribution is -2.41. The monoisotopic (exact) mass is 278 g/mol. The molecule has 0 aliphatic carbocycles. The van der Waals surface area contributed by atoms with E-state index >= 15 is 0 Å². The van der Waals surface area contributed by atoms with Crippen molar-refractivity contribution in [2.75, 3.05) is 39.4 Å². The van der Waals surface area contributed by atoms with Crippen molar-refractivity contribution in [1.82, 2.24) is 10.2 Å². The molecule has 0 radical (unpaired) electrons. The molecule has 0 bridgehead atoms. The van der Waals surface area contributed by atoms with E-state index in [4.69, 9.17) is 4.74 Å². The smallest absolute Gasteiger partial charge is 0.224 e. The fourth-order valence-corrected chi connectivity index (χ4v) is 2.20. The quantitative estimate of drug-likeness (QED) is 0.746. The molecule has 1 aromatic carbocycles. The molecule has 1 fully saturated rings. The highest BCUT2D eigenvalue weighted by atomic mass is 16.5. The summed E-state index contributed by atoms with van der Waals surface area (Å²) in [6, 6.07) is 9.52. The Hall–Kier alpha value is -1.43. The van der Waals surface area contributed by atoms with E-state index in [0.717, 1.165) is 5.56 Å². The van der Waals surface area contributed by atoms with Crippen LogP contribution in [-0.4, -0.2) is 55.3 Å². The highest BCUT2D eigenvalue weighted by molar-refractivity contribution is 5.76. The Morgan fingerprint density at radius 3 is 2.70 bits per heavy atom. The molecule has 1 aromatic rings. The van der Waals surface area contributed by atoms with E-state index in [-0.39, 0.29) is 5.91 Å². The van der Waals surface area contributed by atoms with Gasteiger partial charge in [-0.15, -0.1) is 0 Å². The number of aliphatic hydroxyl groups is 1. The molecule has 5 nitrogen and oxygen atoms in total. The number of nitrogens with zero attached hydrogens (tertiary/aromatic N) is 1. The van der Waals surface area contributed by atoms with Gasteiger partial charge in [-0.1, -0.05) is 30.3 Å². The molecule has 110 valence electrons. The number of hydrogen-bond donors (Lipinski definition) is 2. The summed E-state index contributed by atoms with van der Waals surface area (Å²) in [6.45, 7) is 3.68. The van der Waals surface area contributed by atoms with Gasteiger partial charge in [0.15, 0.2) is 0 Å². The van der Waals surface area contributed by atoms with Crippen LogP contribution in [0.4, 0.5) is 0 Å². The second-order valence-corrected chi connectivity index (χ2v) is 4.87. The number of carbonyl (C=O) groups is 1. The van der Waals surface area contributed by atoms with Crippen LogP contribution >= 0.6 is 0 Å². The Kier molecular flexibility index (Phi) is 5.98. The Bertz CT molecular complexity index is 405. The number of morpholine rings is 1. The predicted molar refractivity (Wildman–Crippen MR) is 76.3 cm³/mol. The van der Waals surface area contributed by atoms with Gasteiger partial charge in [0.05, 0.1) is 19.3 Å². The van der Waals surface area contributed by atoms with E-state index in [2.05, 4.69) is 5.32 Å². The minimum Gasteiger partial charge on any atom is -0.387 e. The molecule has 0 aromatic heterocycles. The number of carbonyl (C=O) groups excluding carboxylic acids is 1. The van der Waals surface area contributed by atoms with Gasteiger partial charge in [-0.2, -0.15) is 0 Å². The number of benzene rings is 1. The summed E-state index contributed by atoms with van der Waals surface area (Å²) in [5.41, 5.74) is 0.888. The minimum absolute atomic E-state index is 0.148. The SMILES string of the molecule is O=C(CCNCC(O)c1ccccc1)N1CCOCC1. The third-order valence-electron chi connectivity index (χ3n) is 3.40. The Morgan fingerprint density at radius 1 is 1.30 bits per heavy atom. The molecule has 2 N–H and O–H groups in total. The molecular weight excluding hydrogens is 256 g/mol. The van der Waals surface area contributed by atoms with Gasteiger partial charge in [0.1, 0.15) is 0 Å². The van der Waals surface area contributed by atoms with Gasteiger partial charge in [0.2, 0.25) is 5.91 Å². The van der Waals surface area contributed by atoms with Gasteiger partial charge in [0.25, 0.3) is 0 Å². The summed E-state index contributed by atoms with van der Waals surface area (Å²) in [4.78, 5) is 13.7. The van der Waals surface area contributed by atoms with Gasteiger partial charge in [0, 0.05) is 32.6 Å². The normalized spacial score (nSPS) is 16.9. The van der Waals surface area contributed by atoms with Crippen molar-refractivity contribution in [2.45, 2.75) is 12.5 Å². The summed E-state index contributed by atoms with van der Waals surface area (Å²) < 4.78 is 5.21. The average Bonchev–Trinajstić information content (AvgIpc) is 2.53. The van der Waals surface area contributed by atoms with Crippen molar-refractivity contribution in [3.05, 3.63) is 35.9 Å². The molecule has 20 heavy (non-hydrogen) atoms. The van der Waals surface area contributed by atoms with Crippen LogP contribution in [0.15, 0.2) is 30.3 Å².